The average molecular weight is 2180 g/mol. The van der Waals surface area contributed by atoms with E-state index in [1.165, 1.54) is 409 Å². The second kappa shape index (κ2) is 63.8. The Morgan fingerprint density at radius 2 is 0.597 bits per heavy atom. The molecule has 0 N–H and O–H groups in total. The molecule has 0 amide bonds. The van der Waals surface area contributed by atoms with Crippen LogP contribution in [0.3, 0.4) is 0 Å². The Kier molecular flexibility index (Phi) is 54.7. The van der Waals surface area contributed by atoms with Gasteiger partial charge in [-0.25, -0.2) is 0 Å². The molecule has 1 aliphatic rings. The molecule has 9 rings (SSSR count). The second-order valence-corrected chi connectivity index (χ2v) is 55.6. The maximum absolute atomic E-state index is 16.5. The van der Waals surface area contributed by atoms with E-state index in [1.54, 1.807) is 48.0 Å². The van der Waals surface area contributed by atoms with Crippen LogP contribution in [-0.2, 0) is 38.8 Å². The molecule has 0 spiro atoms. The summed E-state index contributed by atoms with van der Waals surface area (Å²) in [6, 6.07) is 25.5. The van der Waals surface area contributed by atoms with Crippen LogP contribution in [0.25, 0.3) is 37.3 Å². The van der Waals surface area contributed by atoms with Crippen LogP contribution in [0.15, 0.2) is 70.3 Å². The third-order valence-electron chi connectivity index (χ3n) is 28.2. The fourth-order valence-corrected chi connectivity index (χ4v) is 38.7. The van der Waals surface area contributed by atoms with E-state index in [0.717, 1.165) is 59.7 Å². The van der Waals surface area contributed by atoms with E-state index >= 15 is 9.59 Å². The monoisotopic (exact) mass is 2190 g/mol. The Bertz CT molecular complexity index is 4080. The second-order valence-electron chi connectivity index (χ2n) is 39.0. The van der Waals surface area contributed by atoms with Gasteiger partial charge in [-0.1, -0.05) is 207 Å². The van der Waals surface area contributed by atoms with Crippen molar-refractivity contribution in [2.45, 2.75) is 518 Å². The van der Waals surface area contributed by atoms with Gasteiger partial charge in [0, 0.05) is 0 Å². The summed E-state index contributed by atoms with van der Waals surface area (Å²) < 4.78 is 24.2. The number of hydrogen-bond acceptors (Lipinski definition) is 2. The molecule has 0 aliphatic heterocycles. The molecule has 8 aromatic heterocycles. The van der Waals surface area contributed by atoms with Crippen LogP contribution in [-0.4, -0.2) is 108 Å². The minimum Gasteiger partial charge on any atom is -0.0654 e. The van der Waals surface area contributed by atoms with E-state index in [-0.39, 0.29) is 25.6 Å². The molecule has 8 heterocycles. The molecule has 0 fully saturated rings. The first-order valence-electron chi connectivity index (χ1n) is 53.4. The van der Waals surface area contributed by atoms with Gasteiger partial charge in [0.1, 0.15) is 0 Å². The van der Waals surface area contributed by atoms with Gasteiger partial charge in [-0.3, -0.25) is 0 Å². The summed E-state index contributed by atoms with van der Waals surface area (Å²) in [5, 5.41) is 0. The molecule has 10 heteroatoms. The number of aryl methyl sites for hydroxylation is 8. The SMILES string of the molecule is CCCCCCCCCCCCC(CCCCCCCCCC)CCCCn1c(=O)c(-c2ccc(C)[te]2)cc2c1cc(-c1ccc(-c3cc4c([se]3)C(c3cc(CCCCCC)c(CCCCCC)[se]3)c3cc(C)[se]c3C4c3cc(CCCCCC)c(CCCCCC)[se]3)[te]1)c(=O)n2CCCCC(CCCCCCCCCC)CCCCCCCCCCCC. The number of fused-ring (bicyclic) bond motifs is 3. The van der Waals surface area contributed by atoms with Gasteiger partial charge in [0.25, 0.3) is 0 Å². The van der Waals surface area contributed by atoms with Gasteiger partial charge in [-0.2, -0.15) is 0 Å². The van der Waals surface area contributed by atoms with E-state index in [1.807, 2.05) is 13.3 Å². The van der Waals surface area contributed by atoms with Gasteiger partial charge < -0.3 is 0 Å². The normalized spacial score (nSPS) is 14.0. The summed E-state index contributed by atoms with van der Waals surface area (Å²) in [7, 11) is 0. The molecule has 0 saturated heterocycles. The van der Waals surface area contributed by atoms with Crippen LogP contribution in [0.5, 0.6) is 0 Å². The van der Waals surface area contributed by atoms with Crippen LogP contribution in [0.2, 0.25) is 0 Å². The van der Waals surface area contributed by atoms with E-state index in [2.05, 4.69) is 139 Å². The van der Waals surface area contributed by atoms with Crippen molar-refractivity contribution < 1.29 is 0 Å². The van der Waals surface area contributed by atoms with E-state index in [4.69, 9.17) is 0 Å². The van der Waals surface area contributed by atoms with Gasteiger partial charge in [0.05, 0.1) is 0 Å². The number of pyridine rings is 2. The number of rotatable bonds is 75. The van der Waals surface area contributed by atoms with Gasteiger partial charge in [-0.05, 0) is 0 Å². The fourth-order valence-electron chi connectivity index (χ4n) is 20.6. The fraction of sp³-hybridized carbons (Fsp3) is 0.719. The first kappa shape index (κ1) is 106. The standard InChI is InChI=1S/C114H180N2O2Se4Te2/c1-11-19-27-35-39-43-45-49-53-57-69-91(67-55-51-47-41-37-29-21-13-3)71-63-65-81-115-100-87-96(114(118)116(99(100)86-95(113(115)117)106-78-77-90(10)123-106)82-66-64-72-92(68-56-52-48-42-38-30-22-14-4)70-58-54-50-46-44-40-36-28-20-12-2)107-79-80-108(124-107)103-88-98-110(105-85-94(74-60-32-24-16-6)102(121-105)76-62-34-26-18-8)111-97(83-89(9)119-111)109(112(98)122-103)104-84-93(73-59-31-23-15-5)101(120-104)75-61-33-25-17-7/h77-80,83-88,91-92,109-110H,11-76,81-82H2,1-10H3. The van der Waals surface area contributed by atoms with E-state index in [9.17, 15) is 0 Å². The summed E-state index contributed by atoms with van der Waals surface area (Å²) in [6.45, 7) is 25.1. The summed E-state index contributed by atoms with van der Waals surface area (Å²) in [4.78, 5) is 32.5. The molecule has 4 nitrogen and oxygen atoms in total. The topological polar surface area (TPSA) is 44.0 Å². The quantitative estimate of drug-likeness (QED) is 0.0282. The van der Waals surface area contributed by atoms with Gasteiger partial charge in [0.2, 0.25) is 0 Å². The van der Waals surface area contributed by atoms with Crippen molar-refractivity contribution in [3.05, 3.63) is 138 Å². The Morgan fingerprint density at radius 3 is 0.952 bits per heavy atom. The zero-order chi connectivity index (χ0) is 87.6. The third-order valence-corrected chi connectivity index (χ3v) is 45.8. The molecular formula is C114H180N2O2Se4Te2. The van der Waals surface area contributed by atoms with E-state index in [0.29, 0.717) is 68.4 Å². The van der Waals surface area contributed by atoms with Crippen LogP contribution in [0, 0.1) is 25.7 Å². The minimum absolute atomic E-state index is 0.174. The summed E-state index contributed by atoms with van der Waals surface area (Å²) in [6.07, 6.45) is 88.7. The third kappa shape index (κ3) is 36.2. The molecule has 0 bridgehead atoms. The maximum atomic E-state index is 16.5. The molecule has 0 saturated carbocycles. The average Bonchev–Trinajstić information content (AvgIpc) is 1.52. The van der Waals surface area contributed by atoms with Crippen LogP contribution in [0.4, 0.5) is 0 Å². The predicted molar refractivity (Wildman–Crippen MR) is 555 cm³/mol. The van der Waals surface area contributed by atoms with Crippen LogP contribution in [0.1, 0.15) is 522 Å². The molecule has 0 aromatic carbocycles. The Labute approximate surface area is 805 Å². The van der Waals surface area contributed by atoms with Crippen molar-refractivity contribution in [1.82, 2.24) is 9.13 Å². The Hall–Kier alpha value is -1.30. The number of nitrogens with zero attached hydrogens (tertiary/aromatic N) is 2. The first-order chi connectivity index (χ1) is 61.0. The zero-order valence-electron chi connectivity index (χ0n) is 81.3. The Balaban J connectivity index is 1.11. The molecule has 0 radical (unpaired) electrons. The van der Waals surface area contributed by atoms with Crippen LogP contribution >= 0.6 is 0 Å². The van der Waals surface area contributed by atoms with Crippen molar-refractivity contribution >= 4 is 110 Å². The first-order valence-corrected chi connectivity index (χ1v) is 64.9. The van der Waals surface area contributed by atoms with Crippen molar-refractivity contribution in [3.8, 4) is 26.3 Å². The summed E-state index contributed by atoms with van der Waals surface area (Å²) >= 11 is -0.408. The van der Waals surface area contributed by atoms with Crippen molar-refractivity contribution in [1.29, 1.82) is 0 Å². The predicted octanol–water partition coefficient (Wildman–Crippen LogP) is 33.5. The van der Waals surface area contributed by atoms with Crippen molar-refractivity contribution in [2.75, 3.05) is 0 Å². The van der Waals surface area contributed by atoms with Gasteiger partial charge in [0.15, 0.2) is 0 Å². The zero-order valence-corrected chi connectivity index (χ0v) is 92.8. The number of hydrogen-bond donors (Lipinski definition) is 0. The smallest absolute Gasteiger partial charge is 0.0654 e. The number of aromatic nitrogens is 2. The molecule has 694 valence electrons. The van der Waals surface area contributed by atoms with E-state index < -0.39 is 40.9 Å². The summed E-state index contributed by atoms with van der Waals surface area (Å²) in [5.41, 5.74) is 11.1. The molecule has 1 aliphatic carbocycles. The molecule has 124 heavy (non-hydrogen) atoms. The van der Waals surface area contributed by atoms with Crippen LogP contribution < -0.4 is 11.1 Å². The Morgan fingerprint density at radius 1 is 0.298 bits per heavy atom. The van der Waals surface area contributed by atoms with Crippen molar-refractivity contribution in [2.24, 2.45) is 11.8 Å². The minimum atomic E-state index is -0.978. The molecule has 4 unspecified atom stereocenters. The molecule has 4 atom stereocenters. The number of unbranched alkanes of at least 4 members (excludes halogenated alkanes) is 46. The molecule has 8 aromatic rings. The van der Waals surface area contributed by atoms with Crippen molar-refractivity contribution in [3.63, 3.8) is 0 Å². The van der Waals surface area contributed by atoms with Gasteiger partial charge >= 0.3 is 606 Å². The molecular weight excluding hydrogens is 2000 g/mol. The van der Waals surface area contributed by atoms with Gasteiger partial charge in [-0.15, -0.1) is 0 Å². The summed E-state index contributed by atoms with van der Waals surface area (Å²) in [5.74, 6) is 2.32.